The molecule has 14 heavy (non-hydrogen) atoms. The number of alkyl halides is 1. The first-order valence-corrected chi connectivity index (χ1v) is 5.36. The van der Waals surface area contributed by atoms with Crippen molar-refractivity contribution in [2.75, 3.05) is 12.1 Å². The molecule has 0 atom stereocenters. The molecule has 1 aliphatic rings. The second-order valence-corrected chi connectivity index (χ2v) is 3.55. The van der Waals surface area contributed by atoms with Gasteiger partial charge in [0.15, 0.2) is 12.6 Å². The molecule has 0 fully saturated rings. The van der Waals surface area contributed by atoms with Crippen LogP contribution in [0.3, 0.4) is 0 Å². The summed E-state index contributed by atoms with van der Waals surface area (Å²) in [4.78, 5) is 11.4. The molecule has 0 saturated carbocycles. The number of ether oxygens (including phenoxy) is 2. The van der Waals surface area contributed by atoms with Crippen molar-refractivity contribution in [2.24, 2.45) is 0 Å². The Labute approximate surface area is 90.1 Å². The van der Waals surface area contributed by atoms with Gasteiger partial charge in [0.2, 0.25) is 0 Å². The van der Waals surface area contributed by atoms with Crippen LogP contribution in [0.25, 0.3) is 0 Å². The molecule has 0 bridgehead atoms. The quantitative estimate of drug-likeness (QED) is 0.601. The Bertz CT molecular complexity index is 362. The van der Waals surface area contributed by atoms with Crippen molar-refractivity contribution in [3.63, 3.8) is 0 Å². The van der Waals surface area contributed by atoms with E-state index in [-0.39, 0.29) is 5.78 Å². The van der Waals surface area contributed by atoms with Crippen molar-refractivity contribution in [1.29, 1.82) is 0 Å². The Morgan fingerprint density at radius 3 is 3.14 bits per heavy atom. The maximum atomic E-state index is 11.4. The number of hydrogen-bond acceptors (Lipinski definition) is 3. The molecule has 1 aromatic carbocycles. The summed E-state index contributed by atoms with van der Waals surface area (Å²) in [6, 6.07) is 5.40. The molecule has 0 amide bonds. The number of fused-ring (bicyclic) bond motifs is 1. The van der Waals surface area contributed by atoms with Crippen molar-refractivity contribution in [1.82, 2.24) is 0 Å². The van der Waals surface area contributed by atoms with Crippen LogP contribution >= 0.6 is 15.9 Å². The van der Waals surface area contributed by atoms with Crippen LogP contribution in [0.1, 0.15) is 15.9 Å². The number of carbonyl (C=O) groups excluding carboxylic acids is 1. The van der Waals surface area contributed by atoms with E-state index < -0.39 is 0 Å². The molecule has 0 aliphatic carbocycles. The van der Waals surface area contributed by atoms with E-state index in [2.05, 4.69) is 15.9 Å². The van der Waals surface area contributed by atoms with Crippen LogP contribution in [0.5, 0.6) is 5.75 Å². The van der Waals surface area contributed by atoms with Gasteiger partial charge in [-0.15, -0.1) is 0 Å². The third-order valence-corrected chi connectivity index (χ3v) is 2.57. The molecule has 1 aliphatic heterocycles. The lowest BCUT2D eigenvalue weighted by Crippen LogP contribution is -2.12. The van der Waals surface area contributed by atoms with Crippen molar-refractivity contribution in [3.8, 4) is 5.75 Å². The van der Waals surface area contributed by atoms with Crippen LogP contribution < -0.4 is 4.74 Å². The van der Waals surface area contributed by atoms with E-state index in [1.54, 1.807) is 6.07 Å². The highest BCUT2D eigenvalue weighted by atomic mass is 79.9. The number of ketones is 1. The average Bonchev–Trinajstić information content (AvgIpc) is 2.27. The zero-order valence-electron chi connectivity index (χ0n) is 7.46. The summed E-state index contributed by atoms with van der Waals surface area (Å²) in [5.74, 6) is 0.876. The van der Waals surface area contributed by atoms with Gasteiger partial charge in [-0.1, -0.05) is 15.9 Å². The minimum atomic E-state index is 0.0679. The van der Waals surface area contributed by atoms with Crippen LogP contribution in [0.4, 0.5) is 0 Å². The van der Waals surface area contributed by atoms with Crippen molar-refractivity contribution >= 4 is 21.7 Å². The first-order chi connectivity index (χ1) is 6.81. The standard InChI is InChI=1S/C10H9BrO3/c11-4-9(12)7-1-2-10-8(3-7)5-13-6-14-10/h1-3H,4-6H2. The normalized spacial score (nSPS) is 14.4. The Hall–Kier alpha value is -0.870. The van der Waals surface area contributed by atoms with Gasteiger partial charge in [0.25, 0.3) is 0 Å². The first kappa shape index (κ1) is 9.68. The van der Waals surface area contributed by atoms with Crippen LogP contribution in [0.15, 0.2) is 18.2 Å². The second kappa shape index (κ2) is 4.11. The molecule has 0 saturated heterocycles. The predicted molar refractivity (Wildman–Crippen MR) is 54.9 cm³/mol. The van der Waals surface area contributed by atoms with Gasteiger partial charge in [0.1, 0.15) is 5.75 Å². The van der Waals surface area contributed by atoms with Gasteiger partial charge in [-0.05, 0) is 18.2 Å². The number of hydrogen-bond donors (Lipinski definition) is 0. The van der Waals surface area contributed by atoms with E-state index >= 15 is 0 Å². The summed E-state index contributed by atoms with van der Waals surface area (Å²) in [6.45, 7) is 0.803. The lowest BCUT2D eigenvalue weighted by Gasteiger charge is -2.17. The van der Waals surface area contributed by atoms with E-state index in [9.17, 15) is 4.79 Å². The maximum Gasteiger partial charge on any atom is 0.189 e. The van der Waals surface area contributed by atoms with E-state index in [0.717, 1.165) is 11.3 Å². The third kappa shape index (κ3) is 1.81. The van der Waals surface area contributed by atoms with E-state index in [0.29, 0.717) is 24.3 Å². The zero-order valence-corrected chi connectivity index (χ0v) is 9.04. The van der Waals surface area contributed by atoms with Gasteiger partial charge in [0, 0.05) is 11.1 Å². The molecule has 0 aromatic heterocycles. The maximum absolute atomic E-state index is 11.4. The summed E-state index contributed by atoms with van der Waals surface area (Å²) < 4.78 is 10.4. The fraction of sp³-hybridized carbons (Fsp3) is 0.300. The summed E-state index contributed by atoms with van der Waals surface area (Å²) in [7, 11) is 0. The monoisotopic (exact) mass is 256 g/mol. The van der Waals surface area contributed by atoms with Crippen LogP contribution in [-0.2, 0) is 11.3 Å². The number of halogens is 1. The lowest BCUT2D eigenvalue weighted by molar-refractivity contribution is -0.0163. The second-order valence-electron chi connectivity index (χ2n) is 2.99. The van der Waals surface area contributed by atoms with E-state index in [1.807, 2.05) is 12.1 Å². The van der Waals surface area contributed by atoms with Gasteiger partial charge >= 0.3 is 0 Å². The Morgan fingerprint density at radius 2 is 2.36 bits per heavy atom. The predicted octanol–water partition coefficient (Wildman–Crippen LogP) is 2.13. The fourth-order valence-corrected chi connectivity index (χ4v) is 1.66. The Morgan fingerprint density at radius 1 is 1.50 bits per heavy atom. The average molecular weight is 257 g/mol. The molecule has 0 radical (unpaired) electrons. The van der Waals surface area contributed by atoms with Crippen molar-refractivity contribution < 1.29 is 14.3 Å². The van der Waals surface area contributed by atoms with Crippen LogP contribution in [0, 0.1) is 0 Å². The highest BCUT2D eigenvalue weighted by Gasteiger charge is 2.13. The van der Waals surface area contributed by atoms with Gasteiger partial charge in [-0.25, -0.2) is 0 Å². The van der Waals surface area contributed by atoms with E-state index in [4.69, 9.17) is 9.47 Å². The molecule has 2 rings (SSSR count). The SMILES string of the molecule is O=C(CBr)c1ccc2c(c1)COCO2. The molecule has 0 unspecified atom stereocenters. The fourth-order valence-electron chi connectivity index (χ4n) is 1.34. The van der Waals surface area contributed by atoms with Crippen molar-refractivity contribution in [3.05, 3.63) is 29.3 Å². The third-order valence-electron chi connectivity index (χ3n) is 2.06. The molecule has 3 nitrogen and oxygen atoms in total. The van der Waals surface area contributed by atoms with Crippen LogP contribution in [0.2, 0.25) is 0 Å². The minimum Gasteiger partial charge on any atom is -0.467 e. The number of carbonyl (C=O) groups is 1. The Kier molecular flexibility index (Phi) is 2.84. The smallest absolute Gasteiger partial charge is 0.189 e. The molecular formula is C10H9BrO3. The van der Waals surface area contributed by atoms with Gasteiger partial charge in [-0.3, -0.25) is 4.79 Å². The molecule has 1 aromatic rings. The summed E-state index contributed by atoms with van der Waals surface area (Å²) in [6.07, 6.45) is 0. The molecule has 0 spiro atoms. The molecule has 0 N–H and O–H groups in total. The molecule has 74 valence electrons. The molecule has 4 heteroatoms. The lowest BCUT2D eigenvalue weighted by atomic mass is 10.1. The summed E-state index contributed by atoms with van der Waals surface area (Å²) in [5.41, 5.74) is 1.62. The topological polar surface area (TPSA) is 35.5 Å². The molecule has 1 heterocycles. The minimum absolute atomic E-state index is 0.0679. The van der Waals surface area contributed by atoms with Gasteiger partial charge in [0.05, 0.1) is 11.9 Å². The Balaban J connectivity index is 2.33. The number of Topliss-reactive ketones (excluding diaryl/α,β-unsaturated/α-hetero) is 1. The first-order valence-electron chi connectivity index (χ1n) is 4.24. The number of benzene rings is 1. The highest BCUT2D eigenvalue weighted by Crippen LogP contribution is 2.24. The zero-order chi connectivity index (χ0) is 9.97. The van der Waals surface area contributed by atoms with Crippen molar-refractivity contribution in [2.45, 2.75) is 6.61 Å². The summed E-state index contributed by atoms with van der Waals surface area (Å²) in [5, 5.41) is 0.341. The van der Waals surface area contributed by atoms with Gasteiger partial charge in [-0.2, -0.15) is 0 Å². The largest absolute Gasteiger partial charge is 0.467 e. The van der Waals surface area contributed by atoms with Gasteiger partial charge < -0.3 is 9.47 Å². The molecular weight excluding hydrogens is 248 g/mol. The number of rotatable bonds is 2. The summed E-state index contributed by atoms with van der Waals surface area (Å²) >= 11 is 3.14. The van der Waals surface area contributed by atoms with E-state index in [1.165, 1.54) is 0 Å². The highest BCUT2D eigenvalue weighted by molar-refractivity contribution is 9.09. The van der Waals surface area contributed by atoms with Crippen LogP contribution in [-0.4, -0.2) is 17.9 Å².